The highest BCUT2D eigenvalue weighted by Crippen LogP contribution is 2.10. The fourth-order valence-corrected chi connectivity index (χ4v) is 2.48. The Hall–Kier alpha value is -1.68. The summed E-state index contributed by atoms with van der Waals surface area (Å²) in [7, 11) is 0. The van der Waals surface area contributed by atoms with Gasteiger partial charge in [-0.05, 0) is 38.3 Å². The number of benzene rings is 1. The predicted octanol–water partition coefficient (Wildman–Crippen LogP) is 0.896. The molecule has 0 radical (unpaired) electrons. The maximum absolute atomic E-state index is 11.9. The summed E-state index contributed by atoms with van der Waals surface area (Å²) in [4.78, 5) is 24.6. The topological polar surface area (TPSA) is 50.6 Å². The quantitative estimate of drug-likeness (QED) is 0.791. The summed E-state index contributed by atoms with van der Waals surface area (Å²) >= 11 is 0. The first kappa shape index (κ1) is 13.7. The molecule has 1 aliphatic heterocycles. The zero-order chi connectivity index (χ0) is 13.7. The Kier molecular flexibility index (Phi) is 4.68. The van der Waals surface area contributed by atoms with Gasteiger partial charge >= 0.3 is 0 Å². The van der Waals surface area contributed by atoms with Crippen molar-refractivity contribution in [3.63, 3.8) is 0 Å². The maximum atomic E-state index is 11.9. The summed E-state index contributed by atoms with van der Waals surface area (Å²) in [6.07, 6.45) is 3.71. The molecular weight excluding hydrogens is 240 g/mol. The average molecular weight is 261 g/mol. The van der Waals surface area contributed by atoms with Gasteiger partial charge in [-0.2, -0.15) is 0 Å². The second-order valence-corrected chi connectivity index (χ2v) is 5.17. The molecule has 1 amide bonds. The Morgan fingerprint density at radius 2 is 1.95 bits per heavy atom. The Balaban J connectivity index is 1.90. The van der Waals surface area contributed by atoms with E-state index in [-0.39, 0.29) is 11.7 Å². The summed E-state index contributed by atoms with van der Waals surface area (Å²) in [5.41, 5.74) is 1.33. The third-order valence-electron chi connectivity index (χ3n) is 3.52. The van der Waals surface area contributed by atoms with Crippen LogP contribution in [0.15, 0.2) is 24.3 Å². The second-order valence-electron chi connectivity index (χ2n) is 5.17. The van der Waals surface area contributed by atoms with E-state index in [1.54, 1.807) is 18.2 Å². The molecule has 1 aliphatic rings. The van der Waals surface area contributed by atoms with Crippen LogP contribution in [0, 0.1) is 0 Å². The molecule has 2 N–H and O–H groups in total. The first-order valence-electron chi connectivity index (χ1n) is 6.89. The van der Waals surface area contributed by atoms with Crippen LogP contribution in [0.5, 0.6) is 0 Å². The van der Waals surface area contributed by atoms with Gasteiger partial charge in [0.25, 0.3) is 5.91 Å². The van der Waals surface area contributed by atoms with Gasteiger partial charge in [0.15, 0.2) is 12.3 Å². The van der Waals surface area contributed by atoms with Gasteiger partial charge < -0.3 is 10.2 Å². The molecule has 0 aromatic heterocycles. The van der Waals surface area contributed by atoms with Crippen LogP contribution in [0.4, 0.5) is 5.69 Å². The van der Waals surface area contributed by atoms with E-state index in [9.17, 15) is 9.59 Å². The number of anilines is 1. The molecule has 0 unspecified atom stereocenters. The van der Waals surface area contributed by atoms with Crippen LogP contribution in [0.3, 0.4) is 0 Å². The van der Waals surface area contributed by atoms with Crippen molar-refractivity contribution in [2.24, 2.45) is 0 Å². The van der Waals surface area contributed by atoms with E-state index in [1.165, 1.54) is 31.1 Å². The van der Waals surface area contributed by atoms with E-state index in [0.717, 1.165) is 13.1 Å². The minimum atomic E-state index is 0.0118. The van der Waals surface area contributed by atoms with Crippen LogP contribution in [0.1, 0.15) is 36.5 Å². The van der Waals surface area contributed by atoms with Crippen LogP contribution < -0.4 is 10.2 Å². The Labute approximate surface area is 113 Å². The lowest BCUT2D eigenvalue weighted by Crippen LogP contribution is -3.13. The largest absolute Gasteiger partial charge is 0.327 e. The highest BCUT2D eigenvalue weighted by molar-refractivity contribution is 5.97. The minimum absolute atomic E-state index is 0.0118. The monoisotopic (exact) mass is 261 g/mol. The lowest BCUT2D eigenvalue weighted by Gasteiger charge is -2.22. The fraction of sp³-hybridized carbons (Fsp3) is 0.467. The van der Waals surface area contributed by atoms with Crippen molar-refractivity contribution in [1.82, 2.24) is 0 Å². The number of quaternary nitrogens is 1. The van der Waals surface area contributed by atoms with E-state index < -0.39 is 0 Å². The normalized spacial score (nSPS) is 16.1. The van der Waals surface area contributed by atoms with Crippen LogP contribution >= 0.6 is 0 Å². The van der Waals surface area contributed by atoms with Crippen molar-refractivity contribution in [2.45, 2.75) is 26.2 Å². The number of piperidine rings is 1. The van der Waals surface area contributed by atoms with E-state index in [0.29, 0.717) is 17.8 Å². The molecule has 1 heterocycles. The number of rotatable bonds is 4. The molecule has 0 spiro atoms. The fourth-order valence-electron chi connectivity index (χ4n) is 2.48. The van der Waals surface area contributed by atoms with E-state index in [4.69, 9.17) is 0 Å². The van der Waals surface area contributed by atoms with Crippen molar-refractivity contribution >= 4 is 17.4 Å². The molecule has 0 bridgehead atoms. The van der Waals surface area contributed by atoms with E-state index >= 15 is 0 Å². The number of likely N-dealkylation sites (tertiary alicyclic amines) is 1. The smallest absolute Gasteiger partial charge is 0.279 e. The van der Waals surface area contributed by atoms with Gasteiger partial charge in [0, 0.05) is 11.3 Å². The summed E-state index contributed by atoms with van der Waals surface area (Å²) in [6, 6.07) is 7.09. The van der Waals surface area contributed by atoms with Gasteiger partial charge in [0.1, 0.15) is 0 Å². The zero-order valence-corrected chi connectivity index (χ0v) is 11.4. The third-order valence-corrected chi connectivity index (χ3v) is 3.52. The number of Topliss-reactive ketones (excluding diaryl/α,β-unsaturated/α-hetero) is 1. The molecule has 1 aromatic rings. The molecule has 0 saturated carbocycles. The highest BCUT2D eigenvalue weighted by Gasteiger charge is 2.17. The summed E-state index contributed by atoms with van der Waals surface area (Å²) in [6.45, 7) is 4.21. The van der Waals surface area contributed by atoms with Crippen molar-refractivity contribution in [3.8, 4) is 0 Å². The Morgan fingerprint density at radius 1 is 1.21 bits per heavy atom. The van der Waals surface area contributed by atoms with E-state index in [1.807, 2.05) is 6.07 Å². The van der Waals surface area contributed by atoms with Gasteiger partial charge in [-0.1, -0.05) is 12.1 Å². The number of carbonyl (C=O) groups is 2. The lowest BCUT2D eigenvalue weighted by molar-refractivity contribution is -0.896. The number of carbonyl (C=O) groups excluding carboxylic acids is 2. The highest BCUT2D eigenvalue weighted by atomic mass is 16.2. The predicted molar refractivity (Wildman–Crippen MR) is 74.5 cm³/mol. The van der Waals surface area contributed by atoms with E-state index in [2.05, 4.69) is 5.32 Å². The standard InChI is InChI=1S/C15H20N2O2/c1-12(18)13-6-5-7-14(10-13)16-15(19)11-17-8-3-2-4-9-17/h5-7,10H,2-4,8-9,11H2,1H3,(H,16,19)/p+1. The summed E-state index contributed by atoms with van der Waals surface area (Å²) < 4.78 is 0. The zero-order valence-electron chi connectivity index (χ0n) is 11.4. The number of hydrogen-bond donors (Lipinski definition) is 2. The van der Waals surface area contributed by atoms with Crippen LogP contribution in [0.25, 0.3) is 0 Å². The maximum Gasteiger partial charge on any atom is 0.279 e. The van der Waals surface area contributed by atoms with Gasteiger partial charge in [0.2, 0.25) is 0 Å². The third kappa shape index (κ3) is 4.17. The van der Waals surface area contributed by atoms with Crippen LogP contribution in [-0.4, -0.2) is 31.3 Å². The molecule has 4 nitrogen and oxygen atoms in total. The van der Waals surface area contributed by atoms with Crippen molar-refractivity contribution in [2.75, 3.05) is 25.0 Å². The van der Waals surface area contributed by atoms with Gasteiger partial charge in [-0.15, -0.1) is 0 Å². The first-order chi connectivity index (χ1) is 9.15. The molecule has 2 rings (SSSR count). The Bertz CT molecular complexity index is 465. The number of ketones is 1. The van der Waals surface area contributed by atoms with Crippen LogP contribution in [0.2, 0.25) is 0 Å². The van der Waals surface area contributed by atoms with Crippen molar-refractivity contribution in [3.05, 3.63) is 29.8 Å². The molecule has 102 valence electrons. The number of nitrogens with one attached hydrogen (secondary N) is 2. The van der Waals surface area contributed by atoms with Gasteiger partial charge in [0.05, 0.1) is 13.1 Å². The molecular formula is C15H21N2O2+. The first-order valence-corrected chi connectivity index (χ1v) is 6.89. The SMILES string of the molecule is CC(=O)c1cccc(NC(=O)C[NH+]2CCCCC2)c1. The molecule has 1 saturated heterocycles. The minimum Gasteiger partial charge on any atom is -0.327 e. The molecule has 4 heteroatoms. The number of amides is 1. The molecule has 1 fully saturated rings. The molecule has 19 heavy (non-hydrogen) atoms. The summed E-state index contributed by atoms with van der Waals surface area (Å²) in [5.74, 6) is 0.0374. The molecule has 0 atom stereocenters. The Morgan fingerprint density at radius 3 is 2.63 bits per heavy atom. The molecule has 0 aliphatic carbocycles. The summed E-state index contributed by atoms with van der Waals surface area (Å²) in [5, 5.41) is 2.87. The molecule has 1 aromatic carbocycles. The van der Waals surface area contributed by atoms with Gasteiger partial charge in [-0.3, -0.25) is 9.59 Å². The number of hydrogen-bond acceptors (Lipinski definition) is 2. The average Bonchev–Trinajstić information content (AvgIpc) is 2.40. The van der Waals surface area contributed by atoms with Crippen LogP contribution in [-0.2, 0) is 4.79 Å². The van der Waals surface area contributed by atoms with Gasteiger partial charge in [-0.25, -0.2) is 0 Å². The second kappa shape index (κ2) is 6.48. The van der Waals surface area contributed by atoms with Crippen molar-refractivity contribution < 1.29 is 14.5 Å². The lowest BCUT2D eigenvalue weighted by atomic mass is 10.1. The van der Waals surface area contributed by atoms with Crippen molar-refractivity contribution in [1.29, 1.82) is 0 Å².